The summed E-state index contributed by atoms with van der Waals surface area (Å²) in [4.78, 5) is 36.7. The maximum Gasteiger partial charge on any atom is 0.303 e. The van der Waals surface area contributed by atoms with Gasteiger partial charge in [-0.05, 0) is 48.8 Å². The summed E-state index contributed by atoms with van der Waals surface area (Å²) in [6, 6.07) is 0. The molecule has 5 nitrogen and oxygen atoms in total. The van der Waals surface area contributed by atoms with E-state index in [1.54, 1.807) is 6.08 Å². The quantitative estimate of drug-likeness (QED) is 0.470. The van der Waals surface area contributed by atoms with Crippen LogP contribution < -0.4 is 0 Å². The summed E-state index contributed by atoms with van der Waals surface area (Å²) in [5, 5.41) is 10.8. The minimum atomic E-state index is -1.46. The number of fused-ring (bicyclic) bond motifs is 5. The number of allylic oxidation sites excluding steroid dienone is 4. The topological polar surface area (TPSA) is 80.7 Å². The maximum absolute atomic E-state index is 15.4. The molecule has 3 fully saturated rings. The molecule has 9 atom stereocenters. The zero-order valence-corrected chi connectivity index (χ0v) is 20.6. The minimum Gasteiger partial charge on any atom is -0.449 e. The highest BCUT2D eigenvalue weighted by Crippen LogP contribution is 2.69. The molecule has 0 bridgehead atoms. The summed E-state index contributed by atoms with van der Waals surface area (Å²) < 4.78 is 21.1. The van der Waals surface area contributed by atoms with Gasteiger partial charge in [-0.3, -0.25) is 14.4 Å². The predicted octanol–water partition coefficient (Wildman–Crippen LogP) is 4.24. The molecule has 0 heterocycles. The molecule has 4 rings (SSSR count). The first-order chi connectivity index (χ1) is 14.9. The second-order valence-corrected chi connectivity index (χ2v) is 10.5. The van der Waals surface area contributed by atoms with Crippen molar-refractivity contribution < 1.29 is 28.6 Å². The number of ketones is 1. The van der Waals surface area contributed by atoms with Crippen molar-refractivity contribution >= 4 is 29.5 Å². The van der Waals surface area contributed by atoms with Crippen molar-refractivity contribution in [2.45, 2.75) is 78.7 Å². The van der Waals surface area contributed by atoms with Crippen LogP contribution in [0.2, 0.25) is 0 Å². The van der Waals surface area contributed by atoms with Crippen molar-refractivity contribution in [1.29, 1.82) is 0 Å². The highest BCUT2D eigenvalue weighted by atomic mass is 32.1. The van der Waals surface area contributed by atoms with E-state index in [0.29, 0.717) is 12.0 Å². The molecule has 0 amide bonds. The van der Waals surface area contributed by atoms with Crippen LogP contribution in [0.3, 0.4) is 0 Å². The molecule has 0 aromatic rings. The Balaban J connectivity index is 0.00000141. The van der Waals surface area contributed by atoms with Gasteiger partial charge in [0.15, 0.2) is 11.4 Å². The van der Waals surface area contributed by atoms with Gasteiger partial charge in [-0.25, -0.2) is 4.39 Å². The molecule has 0 aromatic carbocycles. The molecule has 4 aliphatic rings. The van der Waals surface area contributed by atoms with Crippen LogP contribution in [0.15, 0.2) is 23.8 Å². The Labute approximate surface area is 195 Å². The van der Waals surface area contributed by atoms with Gasteiger partial charge in [-0.2, -0.15) is 0 Å². The van der Waals surface area contributed by atoms with Crippen LogP contribution >= 0.6 is 12.6 Å². The monoisotopic (exact) mass is 466 g/mol. The molecule has 7 heteroatoms. The van der Waals surface area contributed by atoms with Crippen molar-refractivity contribution in [3.05, 3.63) is 23.8 Å². The largest absolute Gasteiger partial charge is 0.449 e. The molecule has 1 N–H and O–H groups in total. The summed E-state index contributed by atoms with van der Waals surface area (Å²) >= 11 is 4.12. The highest BCUT2D eigenvalue weighted by Gasteiger charge is 2.73. The van der Waals surface area contributed by atoms with E-state index in [0.717, 1.165) is 0 Å². The fourth-order valence-electron chi connectivity index (χ4n) is 7.60. The lowest BCUT2D eigenvalue weighted by atomic mass is 9.46. The van der Waals surface area contributed by atoms with Crippen LogP contribution in [-0.2, 0) is 19.1 Å². The molecule has 4 aliphatic carbocycles. The average Bonchev–Trinajstić information content (AvgIpc) is 2.92. The standard InChI is InChI=1S/C23H29FO5S.C2H6/c1-11-7-15-14-9-17(24)16-8-13(26)5-6-21(16,3)19(14)18(27)10-22(15,4)23(11,20(28)30)29-12(2)25;1-2/h5-6,8,11,14-15,17-19,27H,7,9-10H2,1-4H3,(H,28,30);1-2H3/t11-,14?,15?,17+,18?,19?,21?,22?,23+;/m1./s1. The van der Waals surface area contributed by atoms with Gasteiger partial charge in [-0.1, -0.05) is 40.7 Å². The average molecular weight is 467 g/mol. The molecule has 178 valence electrons. The minimum absolute atomic E-state index is 0.126. The third kappa shape index (κ3) is 3.25. The Morgan fingerprint density at radius 1 is 1.25 bits per heavy atom. The summed E-state index contributed by atoms with van der Waals surface area (Å²) in [7, 11) is 0. The van der Waals surface area contributed by atoms with Gasteiger partial charge in [0.25, 0.3) is 0 Å². The number of esters is 1. The summed E-state index contributed by atoms with van der Waals surface area (Å²) in [6.45, 7) is 10.9. The maximum atomic E-state index is 15.4. The lowest BCUT2D eigenvalue weighted by Gasteiger charge is -2.60. The van der Waals surface area contributed by atoms with E-state index in [2.05, 4.69) is 12.6 Å². The van der Waals surface area contributed by atoms with Crippen molar-refractivity contribution in [2.24, 2.45) is 34.5 Å². The zero-order chi connectivity index (χ0) is 24.2. The SMILES string of the molecule is CC.CC(=O)O[C@]1(C(=O)S)[C@H](C)CC2C3C[C@H](F)C4=CC(=O)C=CC4(C)C3C(O)CC21C. The van der Waals surface area contributed by atoms with Crippen LogP contribution in [0.1, 0.15) is 60.8 Å². The van der Waals surface area contributed by atoms with Gasteiger partial charge in [0, 0.05) is 29.6 Å². The van der Waals surface area contributed by atoms with E-state index >= 15 is 4.39 Å². The number of hydrogen-bond acceptors (Lipinski definition) is 5. The van der Waals surface area contributed by atoms with Crippen LogP contribution in [-0.4, -0.2) is 39.9 Å². The molecular formula is C25H35FO5S. The number of halogens is 1. The van der Waals surface area contributed by atoms with E-state index in [4.69, 9.17) is 4.74 Å². The number of aliphatic hydroxyl groups is 1. The number of carbonyl (C=O) groups is 3. The van der Waals surface area contributed by atoms with Crippen LogP contribution in [0, 0.1) is 34.5 Å². The van der Waals surface area contributed by atoms with Gasteiger partial charge in [0.05, 0.1) is 6.10 Å². The molecule has 0 spiro atoms. The zero-order valence-electron chi connectivity index (χ0n) is 19.7. The van der Waals surface area contributed by atoms with Crippen molar-refractivity contribution in [3.8, 4) is 0 Å². The molecule has 0 aliphatic heterocycles. The first-order valence-electron chi connectivity index (χ1n) is 11.6. The number of thiol groups is 1. The molecular weight excluding hydrogens is 431 g/mol. The van der Waals surface area contributed by atoms with Crippen LogP contribution in [0.4, 0.5) is 4.39 Å². The number of ether oxygens (including phenoxy) is 1. The number of alkyl halides is 1. The van der Waals surface area contributed by atoms with Gasteiger partial charge in [0.2, 0.25) is 5.12 Å². The van der Waals surface area contributed by atoms with Gasteiger partial charge >= 0.3 is 5.97 Å². The van der Waals surface area contributed by atoms with E-state index in [-0.39, 0.29) is 42.3 Å². The van der Waals surface area contributed by atoms with Gasteiger partial charge in [0.1, 0.15) is 6.17 Å². The third-order valence-corrected chi connectivity index (χ3v) is 8.97. The number of carbonyl (C=O) groups excluding carboxylic acids is 3. The number of rotatable bonds is 2. The fraction of sp³-hybridized carbons (Fsp3) is 0.720. The third-order valence-electron chi connectivity index (χ3n) is 8.64. The molecule has 0 aromatic heterocycles. The van der Waals surface area contributed by atoms with Crippen LogP contribution in [0.5, 0.6) is 0 Å². The van der Waals surface area contributed by atoms with Gasteiger partial charge < -0.3 is 9.84 Å². The van der Waals surface area contributed by atoms with E-state index < -0.39 is 39.8 Å². The Kier molecular flexibility index (Phi) is 6.59. The molecule has 0 radical (unpaired) electrons. The van der Waals surface area contributed by atoms with Crippen molar-refractivity contribution in [3.63, 3.8) is 0 Å². The van der Waals surface area contributed by atoms with Crippen LogP contribution in [0.25, 0.3) is 0 Å². The Bertz CT molecular complexity index is 884. The van der Waals surface area contributed by atoms with Gasteiger partial charge in [-0.15, -0.1) is 12.6 Å². The van der Waals surface area contributed by atoms with Crippen molar-refractivity contribution in [2.75, 3.05) is 0 Å². The lowest BCUT2D eigenvalue weighted by molar-refractivity contribution is -0.199. The summed E-state index contributed by atoms with van der Waals surface area (Å²) in [5.74, 6) is -1.74. The number of aliphatic hydroxyl groups excluding tert-OH is 1. The summed E-state index contributed by atoms with van der Waals surface area (Å²) in [5.41, 5.74) is -2.65. The smallest absolute Gasteiger partial charge is 0.303 e. The second kappa shape index (κ2) is 8.39. The van der Waals surface area contributed by atoms with E-state index in [1.807, 2.05) is 34.6 Å². The van der Waals surface area contributed by atoms with Crippen molar-refractivity contribution in [1.82, 2.24) is 0 Å². The summed E-state index contributed by atoms with van der Waals surface area (Å²) in [6.07, 6.45) is 3.41. The Morgan fingerprint density at radius 3 is 2.44 bits per heavy atom. The highest BCUT2D eigenvalue weighted by molar-refractivity contribution is 7.96. The van der Waals surface area contributed by atoms with E-state index in [9.17, 15) is 19.5 Å². The molecule has 32 heavy (non-hydrogen) atoms. The second-order valence-electron chi connectivity index (χ2n) is 10.1. The Hall–Kier alpha value is -1.47. The first-order valence-corrected chi connectivity index (χ1v) is 12.0. The normalized spacial score (nSPS) is 46.7. The lowest BCUT2D eigenvalue weighted by Crippen LogP contribution is -2.63. The van der Waals surface area contributed by atoms with E-state index in [1.165, 1.54) is 19.1 Å². The first kappa shape index (κ1) is 25.2. The molecule has 0 saturated heterocycles. The number of hydrogen-bond donors (Lipinski definition) is 2. The fourth-order valence-corrected chi connectivity index (χ4v) is 8.12. The predicted molar refractivity (Wildman–Crippen MR) is 123 cm³/mol. The molecule has 6 unspecified atom stereocenters. The Morgan fingerprint density at radius 2 is 1.88 bits per heavy atom. The molecule has 3 saturated carbocycles.